The fourth-order valence-corrected chi connectivity index (χ4v) is 3.30. The first-order valence-corrected chi connectivity index (χ1v) is 8.91. The lowest BCUT2D eigenvalue weighted by Crippen LogP contribution is -2.34. The number of carbonyl (C=O) groups is 3. The molecule has 1 N–H and O–H groups in total. The van der Waals surface area contributed by atoms with E-state index in [0.717, 1.165) is 11.3 Å². The molecule has 0 radical (unpaired) electrons. The topological polar surface area (TPSA) is 69.7 Å². The SMILES string of the molecule is CC(=O)Nc1ccc(N2CC(C(=O)N(C)Cc3ccccc3)CC2=O)cc1. The lowest BCUT2D eigenvalue weighted by Gasteiger charge is -2.21. The van der Waals surface area contributed by atoms with Crippen LogP contribution in [0.1, 0.15) is 18.9 Å². The van der Waals surface area contributed by atoms with Crippen molar-refractivity contribution in [1.29, 1.82) is 0 Å². The zero-order chi connectivity index (χ0) is 19.4. The summed E-state index contributed by atoms with van der Waals surface area (Å²) in [5, 5.41) is 2.70. The maximum Gasteiger partial charge on any atom is 0.228 e. The molecule has 140 valence electrons. The number of hydrogen-bond acceptors (Lipinski definition) is 3. The predicted octanol–water partition coefficient (Wildman–Crippen LogP) is 2.66. The summed E-state index contributed by atoms with van der Waals surface area (Å²) in [6.07, 6.45) is 0.214. The standard InChI is InChI=1S/C21H23N3O3/c1-15(25)22-18-8-10-19(11-9-18)24-14-17(12-20(24)26)21(27)23(2)13-16-6-4-3-5-7-16/h3-11,17H,12-14H2,1-2H3,(H,22,25). The van der Waals surface area contributed by atoms with E-state index >= 15 is 0 Å². The maximum atomic E-state index is 12.7. The van der Waals surface area contributed by atoms with E-state index in [1.165, 1.54) is 6.92 Å². The van der Waals surface area contributed by atoms with Gasteiger partial charge in [-0.05, 0) is 29.8 Å². The van der Waals surface area contributed by atoms with E-state index in [2.05, 4.69) is 5.32 Å². The Labute approximate surface area is 158 Å². The Kier molecular flexibility index (Phi) is 5.54. The second kappa shape index (κ2) is 8.03. The van der Waals surface area contributed by atoms with E-state index in [-0.39, 0.29) is 30.1 Å². The average molecular weight is 365 g/mol. The molecule has 1 heterocycles. The Balaban J connectivity index is 1.64. The van der Waals surface area contributed by atoms with E-state index in [1.807, 2.05) is 30.3 Å². The molecule has 2 aromatic rings. The van der Waals surface area contributed by atoms with E-state index in [9.17, 15) is 14.4 Å². The third-order valence-electron chi connectivity index (χ3n) is 4.61. The van der Waals surface area contributed by atoms with Gasteiger partial charge in [0.1, 0.15) is 0 Å². The number of rotatable bonds is 5. The van der Waals surface area contributed by atoms with Gasteiger partial charge in [0.15, 0.2) is 0 Å². The molecule has 0 aliphatic carbocycles. The van der Waals surface area contributed by atoms with Crippen LogP contribution in [0.15, 0.2) is 54.6 Å². The number of nitrogens with one attached hydrogen (secondary N) is 1. The van der Waals surface area contributed by atoms with Gasteiger partial charge in [0.2, 0.25) is 17.7 Å². The van der Waals surface area contributed by atoms with Gasteiger partial charge in [0, 0.05) is 44.9 Å². The molecule has 6 heteroatoms. The lowest BCUT2D eigenvalue weighted by molar-refractivity contribution is -0.135. The first kappa shape index (κ1) is 18.6. The van der Waals surface area contributed by atoms with Crippen molar-refractivity contribution in [3.05, 3.63) is 60.2 Å². The number of carbonyl (C=O) groups excluding carboxylic acids is 3. The molecule has 1 aliphatic heterocycles. The van der Waals surface area contributed by atoms with Gasteiger partial charge >= 0.3 is 0 Å². The second-order valence-electron chi connectivity index (χ2n) is 6.81. The molecule has 0 aromatic heterocycles. The van der Waals surface area contributed by atoms with Crippen molar-refractivity contribution in [2.75, 3.05) is 23.8 Å². The average Bonchev–Trinajstić information content (AvgIpc) is 3.04. The molecular weight excluding hydrogens is 342 g/mol. The largest absolute Gasteiger partial charge is 0.341 e. The first-order valence-electron chi connectivity index (χ1n) is 8.91. The fourth-order valence-electron chi connectivity index (χ4n) is 3.30. The Bertz CT molecular complexity index is 834. The van der Waals surface area contributed by atoms with Gasteiger partial charge in [-0.15, -0.1) is 0 Å². The van der Waals surface area contributed by atoms with Crippen LogP contribution in [0.4, 0.5) is 11.4 Å². The van der Waals surface area contributed by atoms with Crippen molar-refractivity contribution in [3.63, 3.8) is 0 Å². The summed E-state index contributed by atoms with van der Waals surface area (Å²) < 4.78 is 0. The summed E-state index contributed by atoms with van der Waals surface area (Å²) in [6, 6.07) is 16.8. The molecule has 0 spiro atoms. The summed E-state index contributed by atoms with van der Waals surface area (Å²) in [6.45, 7) is 2.34. The van der Waals surface area contributed by atoms with E-state index < -0.39 is 0 Å². The van der Waals surface area contributed by atoms with Crippen LogP contribution in [0.25, 0.3) is 0 Å². The van der Waals surface area contributed by atoms with Crippen LogP contribution in [-0.4, -0.2) is 36.2 Å². The van der Waals surface area contributed by atoms with Gasteiger partial charge in [-0.2, -0.15) is 0 Å². The number of anilines is 2. The van der Waals surface area contributed by atoms with Crippen molar-refractivity contribution in [3.8, 4) is 0 Å². The van der Waals surface area contributed by atoms with Crippen LogP contribution in [0.3, 0.4) is 0 Å². The molecule has 1 unspecified atom stereocenters. The zero-order valence-electron chi connectivity index (χ0n) is 15.5. The van der Waals surface area contributed by atoms with Gasteiger partial charge < -0.3 is 15.1 Å². The van der Waals surface area contributed by atoms with E-state index in [4.69, 9.17) is 0 Å². The number of hydrogen-bond donors (Lipinski definition) is 1. The van der Waals surface area contributed by atoms with Crippen molar-refractivity contribution < 1.29 is 14.4 Å². The molecular formula is C21H23N3O3. The Morgan fingerprint density at radius 3 is 2.41 bits per heavy atom. The quantitative estimate of drug-likeness (QED) is 0.886. The minimum absolute atomic E-state index is 0.0235. The Hall–Kier alpha value is -3.15. The van der Waals surface area contributed by atoms with E-state index in [1.54, 1.807) is 41.1 Å². The van der Waals surface area contributed by atoms with Crippen LogP contribution < -0.4 is 10.2 Å². The van der Waals surface area contributed by atoms with Crippen LogP contribution in [0.5, 0.6) is 0 Å². The molecule has 2 aromatic carbocycles. The maximum absolute atomic E-state index is 12.7. The predicted molar refractivity (Wildman–Crippen MR) is 104 cm³/mol. The van der Waals surface area contributed by atoms with Gasteiger partial charge in [-0.1, -0.05) is 30.3 Å². The van der Waals surface area contributed by atoms with Crippen molar-refractivity contribution in [1.82, 2.24) is 4.90 Å². The highest BCUT2D eigenvalue weighted by atomic mass is 16.2. The molecule has 1 aliphatic rings. The Morgan fingerprint density at radius 1 is 1.11 bits per heavy atom. The van der Waals surface area contributed by atoms with Crippen molar-refractivity contribution >= 4 is 29.1 Å². The molecule has 27 heavy (non-hydrogen) atoms. The number of benzene rings is 2. The van der Waals surface area contributed by atoms with Crippen LogP contribution in [0.2, 0.25) is 0 Å². The number of amides is 3. The summed E-state index contributed by atoms with van der Waals surface area (Å²) in [5.74, 6) is -0.577. The highest BCUT2D eigenvalue weighted by Gasteiger charge is 2.36. The second-order valence-corrected chi connectivity index (χ2v) is 6.81. The smallest absolute Gasteiger partial charge is 0.228 e. The van der Waals surface area contributed by atoms with Gasteiger partial charge in [-0.25, -0.2) is 0 Å². The van der Waals surface area contributed by atoms with Crippen molar-refractivity contribution in [2.45, 2.75) is 19.9 Å². The molecule has 0 bridgehead atoms. The molecule has 0 saturated carbocycles. The van der Waals surface area contributed by atoms with Crippen LogP contribution in [0, 0.1) is 5.92 Å². The van der Waals surface area contributed by atoms with Gasteiger partial charge in [0.05, 0.1) is 5.92 Å². The minimum atomic E-state index is -0.346. The number of nitrogens with zero attached hydrogens (tertiary/aromatic N) is 2. The normalized spacial score (nSPS) is 16.3. The molecule has 1 atom stereocenters. The summed E-state index contributed by atoms with van der Waals surface area (Å²) in [5.41, 5.74) is 2.46. The Morgan fingerprint density at radius 2 is 1.78 bits per heavy atom. The minimum Gasteiger partial charge on any atom is -0.341 e. The monoisotopic (exact) mass is 365 g/mol. The summed E-state index contributed by atoms with van der Waals surface area (Å²) in [7, 11) is 1.77. The van der Waals surface area contributed by atoms with Crippen molar-refractivity contribution in [2.24, 2.45) is 5.92 Å². The molecule has 3 rings (SSSR count). The van der Waals surface area contributed by atoms with Crippen LogP contribution >= 0.6 is 0 Å². The molecule has 1 saturated heterocycles. The summed E-state index contributed by atoms with van der Waals surface area (Å²) >= 11 is 0. The zero-order valence-corrected chi connectivity index (χ0v) is 15.5. The fraction of sp³-hybridized carbons (Fsp3) is 0.286. The molecule has 1 fully saturated rings. The van der Waals surface area contributed by atoms with Gasteiger partial charge in [-0.3, -0.25) is 14.4 Å². The van der Waals surface area contributed by atoms with Gasteiger partial charge in [0.25, 0.3) is 0 Å². The summed E-state index contributed by atoms with van der Waals surface area (Å²) in [4.78, 5) is 39.6. The highest BCUT2D eigenvalue weighted by molar-refractivity contribution is 6.00. The molecule has 6 nitrogen and oxygen atoms in total. The third-order valence-corrected chi connectivity index (χ3v) is 4.61. The highest BCUT2D eigenvalue weighted by Crippen LogP contribution is 2.27. The van der Waals surface area contributed by atoms with E-state index in [0.29, 0.717) is 18.8 Å². The molecule has 3 amide bonds. The third kappa shape index (κ3) is 4.53. The first-order chi connectivity index (χ1) is 12.9. The van der Waals surface area contributed by atoms with Crippen LogP contribution in [-0.2, 0) is 20.9 Å². The lowest BCUT2D eigenvalue weighted by atomic mass is 10.1.